The molecule has 4 aromatic rings. The maximum atomic E-state index is 13.3. The van der Waals surface area contributed by atoms with Crippen molar-refractivity contribution in [2.24, 2.45) is 5.73 Å². The van der Waals surface area contributed by atoms with Crippen LogP contribution in [0.1, 0.15) is 12.0 Å². The minimum absolute atomic E-state index is 0.0533. The lowest BCUT2D eigenvalue weighted by Crippen LogP contribution is -2.17. The summed E-state index contributed by atoms with van der Waals surface area (Å²) in [4.78, 5) is 23.3. The number of benzene rings is 2. The van der Waals surface area contributed by atoms with Gasteiger partial charge in [0, 0.05) is 24.9 Å². The molecular weight excluding hydrogens is 406 g/mol. The zero-order chi connectivity index (χ0) is 21.8. The van der Waals surface area contributed by atoms with Crippen LogP contribution in [0, 0.1) is 11.6 Å². The number of oxazole rings is 1. The van der Waals surface area contributed by atoms with Crippen LogP contribution < -0.4 is 21.9 Å². The number of aromatic nitrogens is 3. The van der Waals surface area contributed by atoms with Gasteiger partial charge in [-0.2, -0.15) is 9.97 Å². The summed E-state index contributed by atoms with van der Waals surface area (Å²) in [6.45, 7) is 2.21. The summed E-state index contributed by atoms with van der Waals surface area (Å²) in [6.07, 6.45) is 2.44. The van der Waals surface area contributed by atoms with Gasteiger partial charge in [0.1, 0.15) is 5.52 Å². The monoisotopic (exact) mass is 426 g/mol. The van der Waals surface area contributed by atoms with E-state index in [1.807, 2.05) is 24.3 Å². The molecule has 0 atom stereocenters. The fourth-order valence-corrected chi connectivity index (χ4v) is 3.01. The minimum atomic E-state index is -1.04. The van der Waals surface area contributed by atoms with E-state index in [9.17, 15) is 13.6 Å². The molecule has 0 saturated heterocycles. The van der Waals surface area contributed by atoms with E-state index in [0.717, 1.165) is 42.8 Å². The Balaban J connectivity index is 1.47. The molecule has 31 heavy (non-hydrogen) atoms. The van der Waals surface area contributed by atoms with Crippen molar-refractivity contribution in [2.45, 2.75) is 13.0 Å². The summed E-state index contributed by atoms with van der Waals surface area (Å²) >= 11 is 0. The van der Waals surface area contributed by atoms with E-state index in [1.165, 1.54) is 6.20 Å². The number of rotatable bonds is 8. The second kappa shape index (κ2) is 9.02. The summed E-state index contributed by atoms with van der Waals surface area (Å²) < 4.78 is 31.9. The molecule has 0 fully saturated rings. The molecule has 0 amide bonds. The SMILES string of the molecule is NCCCNCc1ccc(-c2c[nH]c(Nc3nc4cc(F)c(F)cc4o3)nc2=O)cc1. The van der Waals surface area contributed by atoms with Crippen molar-refractivity contribution in [3.63, 3.8) is 0 Å². The van der Waals surface area contributed by atoms with Gasteiger partial charge in [-0.05, 0) is 30.6 Å². The first kappa shape index (κ1) is 20.6. The summed E-state index contributed by atoms with van der Waals surface area (Å²) in [5.41, 5.74) is 7.43. The summed E-state index contributed by atoms with van der Waals surface area (Å²) in [7, 11) is 0. The highest BCUT2D eigenvalue weighted by Crippen LogP contribution is 2.23. The van der Waals surface area contributed by atoms with Crippen molar-refractivity contribution in [3.05, 3.63) is 70.1 Å². The lowest BCUT2D eigenvalue weighted by Gasteiger charge is -2.06. The first-order valence-corrected chi connectivity index (χ1v) is 9.66. The standard InChI is InChI=1S/C21H20F2N6O2/c22-15-8-17-18(9-16(15)23)31-21(27-17)29-20-26-11-14(19(30)28-20)13-4-2-12(3-5-13)10-25-7-1-6-24/h2-5,8-9,11,25H,1,6-7,10,24H2,(H2,26,27,28,29,30). The van der Waals surface area contributed by atoms with Gasteiger partial charge in [-0.15, -0.1) is 0 Å². The van der Waals surface area contributed by atoms with Gasteiger partial charge in [0.15, 0.2) is 17.2 Å². The maximum absolute atomic E-state index is 13.3. The third-order valence-electron chi connectivity index (χ3n) is 4.60. The van der Waals surface area contributed by atoms with Crippen LogP contribution in [0.4, 0.5) is 20.7 Å². The largest absolute Gasteiger partial charge is 0.423 e. The van der Waals surface area contributed by atoms with Crippen LogP contribution in [0.2, 0.25) is 0 Å². The van der Waals surface area contributed by atoms with E-state index < -0.39 is 17.2 Å². The zero-order valence-electron chi connectivity index (χ0n) is 16.4. The Kier molecular flexibility index (Phi) is 6.01. The summed E-state index contributed by atoms with van der Waals surface area (Å²) in [6, 6.07) is 9.35. The summed E-state index contributed by atoms with van der Waals surface area (Å²) in [5, 5.41) is 5.98. The average molecular weight is 426 g/mol. The van der Waals surface area contributed by atoms with Gasteiger partial charge in [-0.3, -0.25) is 10.1 Å². The average Bonchev–Trinajstić information content (AvgIpc) is 3.13. The second-order valence-corrected chi connectivity index (χ2v) is 6.86. The Morgan fingerprint density at radius 1 is 1.10 bits per heavy atom. The third kappa shape index (κ3) is 4.76. The van der Waals surface area contributed by atoms with Gasteiger partial charge in [-0.1, -0.05) is 24.3 Å². The Morgan fingerprint density at radius 2 is 1.87 bits per heavy atom. The molecule has 0 bridgehead atoms. The fraction of sp³-hybridized carbons (Fsp3) is 0.190. The number of halogens is 2. The lowest BCUT2D eigenvalue weighted by molar-refractivity contribution is 0.508. The van der Waals surface area contributed by atoms with Crippen LogP contribution in [0.5, 0.6) is 0 Å². The molecule has 0 aliphatic carbocycles. The van der Waals surface area contributed by atoms with E-state index in [1.54, 1.807) is 0 Å². The van der Waals surface area contributed by atoms with Crippen molar-refractivity contribution in [1.29, 1.82) is 0 Å². The lowest BCUT2D eigenvalue weighted by atomic mass is 10.1. The van der Waals surface area contributed by atoms with Crippen LogP contribution >= 0.6 is 0 Å². The molecule has 8 nitrogen and oxygen atoms in total. The van der Waals surface area contributed by atoms with E-state index in [2.05, 4.69) is 25.6 Å². The molecule has 0 aliphatic rings. The topological polar surface area (TPSA) is 122 Å². The number of nitrogens with one attached hydrogen (secondary N) is 3. The first-order chi connectivity index (χ1) is 15.0. The van der Waals surface area contributed by atoms with Gasteiger partial charge < -0.3 is 20.5 Å². The van der Waals surface area contributed by atoms with Gasteiger partial charge in [0.05, 0.1) is 5.56 Å². The van der Waals surface area contributed by atoms with E-state index in [-0.39, 0.29) is 23.1 Å². The molecule has 5 N–H and O–H groups in total. The Labute approximate surface area is 175 Å². The number of nitrogens with two attached hydrogens (primary N) is 1. The minimum Gasteiger partial charge on any atom is -0.423 e. The van der Waals surface area contributed by atoms with E-state index in [4.69, 9.17) is 10.2 Å². The molecule has 2 aromatic heterocycles. The molecule has 2 heterocycles. The Bertz CT molecular complexity index is 1210. The second-order valence-electron chi connectivity index (χ2n) is 6.86. The maximum Gasteiger partial charge on any atom is 0.302 e. The van der Waals surface area contributed by atoms with Gasteiger partial charge in [0.2, 0.25) is 5.95 Å². The number of nitrogens with zero attached hydrogens (tertiary/aromatic N) is 2. The molecule has 10 heteroatoms. The van der Waals surface area contributed by atoms with E-state index >= 15 is 0 Å². The Hall–Kier alpha value is -3.63. The molecule has 2 aromatic carbocycles. The van der Waals surface area contributed by atoms with Crippen LogP contribution in [0.3, 0.4) is 0 Å². The molecule has 0 aliphatic heterocycles. The first-order valence-electron chi connectivity index (χ1n) is 9.66. The predicted octanol–water partition coefficient (Wildman–Crippen LogP) is 3.04. The van der Waals surface area contributed by atoms with Gasteiger partial charge in [-0.25, -0.2) is 8.78 Å². The van der Waals surface area contributed by atoms with Crippen LogP contribution in [-0.4, -0.2) is 28.0 Å². The number of fused-ring (bicyclic) bond motifs is 1. The van der Waals surface area contributed by atoms with Crippen LogP contribution in [-0.2, 0) is 6.54 Å². The molecule has 4 rings (SSSR count). The third-order valence-corrected chi connectivity index (χ3v) is 4.60. The van der Waals surface area contributed by atoms with Crippen LogP contribution in [0.15, 0.2) is 51.8 Å². The number of aromatic amines is 1. The quantitative estimate of drug-likeness (QED) is 0.320. The van der Waals surface area contributed by atoms with Crippen molar-refractivity contribution < 1.29 is 13.2 Å². The van der Waals surface area contributed by atoms with Crippen molar-refractivity contribution in [3.8, 4) is 11.1 Å². The number of anilines is 2. The highest BCUT2D eigenvalue weighted by atomic mass is 19.2. The molecule has 0 spiro atoms. The number of H-pyrrole nitrogens is 1. The molecule has 160 valence electrons. The van der Waals surface area contributed by atoms with Crippen molar-refractivity contribution in [1.82, 2.24) is 20.3 Å². The highest BCUT2D eigenvalue weighted by Gasteiger charge is 2.13. The molecule has 0 radical (unpaired) electrons. The van der Waals surface area contributed by atoms with Gasteiger partial charge in [0.25, 0.3) is 5.56 Å². The molecule has 0 unspecified atom stereocenters. The van der Waals surface area contributed by atoms with Crippen molar-refractivity contribution >= 4 is 23.1 Å². The molecular formula is C21H20F2N6O2. The fourth-order valence-electron chi connectivity index (χ4n) is 3.01. The predicted molar refractivity (Wildman–Crippen MR) is 113 cm³/mol. The van der Waals surface area contributed by atoms with Gasteiger partial charge >= 0.3 is 6.01 Å². The van der Waals surface area contributed by atoms with E-state index in [0.29, 0.717) is 12.1 Å². The smallest absolute Gasteiger partial charge is 0.302 e. The molecule has 0 saturated carbocycles. The van der Waals surface area contributed by atoms with Crippen molar-refractivity contribution in [2.75, 3.05) is 18.4 Å². The number of hydrogen-bond donors (Lipinski definition) is 4. The Morgan fingerprint density at radius 3 is 2.61 bits per heavy atom. The van der Waals surface area contributed by atoms with Crippen LogP contribution in [0.25, 0.3) is 22.2 Å². The number of hydrogen-bond acceptors (Lipinski definition) is 7. The highest BCUT2D eigenvalue weighted by molar-refractivity contribution is 5.75. The zero-order valence-corrected chi connectivity index (χ0v) is 16.4. The summed E-state index contributed by atoms with van der Waals surface area (Å²) in [5.74, 6) is -1.98. The normalized spacial score (nSPS) is 11.2.